The number of aliphatic carboxylic acids is 1. The number of ether oxygens (including phenoxy) is 2. The molecule has 1 aromatic heterocycles. The minimum Gasteiger partial charge on any atom is -0.486 e. The Balaban J connectivity index is 1.48. The number of thiazole rings is 1. The predicted molar refractivity (Wildman–Crippen MR) is 121 cm³/mol. The van der Waals surface area contributed by atoms with E-state index < -0.39 is 39.4 Å². The SMILES string of the molecule is CC1(C)OCCN(S(=O)(=O)c2ccc(OCc3nc4cc(C(F)(F)F)ccc4s3)cc2)[C@H]1C(=O)O. The number of aromatic nitrogens is 1. The van der Waals surface area contributed by atoms with E-state index in [1.807, 2.05) is 0 Å². The summed E-state index contributed by atoms with van der Waals surface area (Å²) in [4.78, 5) is 15.9. The summed E-state index contributed by atoms with van der Waals surface area (Å²) in [5.74, 6) is -0.993. The number of carbonyl (C=O) groups is 1. The van der Waals surface area contributed by atoms with Gasteiger partial charge in [-0.1, -0.05) is 0 Å². The van der Waals surface area contributed by atoms with E-state index in [1.165, 1.54) is 55.5 Å². The van der Waals surface area contributed by atoms with Gasteiger partial charge >= 0.3 is 12.1 Å². The first-order chi connectivity index (χ1) is 16.3. The first-order valence-corrected chi connectivity index (χ1v) is 12.6. The second kappa shape index (κ2) is 9.04. The van der Waals surface area contributed by atoms with Crippen LogP contribution in [0.5, 0.6) is 5.75 Å². The van der Waals surface area contributed by atoms with Crippen LogP contribution < -0.4 is 4.74 Å². The van der Waals surface area contributed by atoms with Crippen molar-refractivity contribution in [3.05, 3.63) is 53.0 Å². The van der Waals surface area contributed by atoms with Gasteiger partial charge in [-0.15, -0.1) is 11.3 Å². The first kappa shape index (κ1) is 25.4. The number of benzene rings is 2. The Morgan fingerprint density at radius 1 is 1.26 bits per heavy atom. The molecule has 2 aromatic carbocycles. The number of fused-ring (bicyclic) bond motifs is 1. The fourth-order valence-corrected chi connectivity index (χ4v) is 6.38. The molecule has 3 aromatic rings. The molecular formula is C22H21F3N2O6S2. The summed E-state index contributed by atoms with van der Waals surface area (Å²) < 4.78 is 77.6. The summed E-state index contributed by atoms with van der Waals surface area (Å²) in [5, 5.41) is 10.1. The fraction of sp³-hybridized carbons (Fsp3) is 0.364. The van der Waals surface area contributed by atoms with Crippen LogP contribution in [0.1, 0.15) is 24.4 Å². The van der Waals surface area contributed by atoms with Gasteiger partial charge in [0.1, 0.15) is 17.4 Å². The Morgan fingerprint density at radius 2 is 1.94 bits per heavy atom. The van der Waals surface area contributed by atoms with Crippen LogP contribution in [0.4, 0.5) is 13.2 Å². The van der Waals surface area contributed by atoms with Gasteiger partial charge in [0.05, 0.1) is 32.9 Å². The van der Waals surface area contributed by atoms with Gasteiger partial charge < -0.3 is 14.6 Å². The standard InChI is InChI=1S/C22H21F3N2O6S2/c1-21(2)19(20(28)29)27(9-10-33-21)35(30,31)15-6-4-14(5-7-15)32-12-18-26-16-11-13(22(23,24)25)3-8-17(16)34-18/h3-8,11,19H,9-10,12H2,1-2H3,(H,28,29)/t19-/m0/s1. The van der Waals surface area contributed by atoms with Gasteiger partial charge in [0.2, 0.25) is 10.0 Å². The number of halogens is 3. The van der Waals surface area contributed by atoms with Gasteiger partial charge in [-0.2, -0.15) is 17.5 Å². The number of carboxylic acid groups (broad SMARTS) is 1. The molecule has 0 bridgehead atoms. The highest BCUT2D eigenvalue weighted by atomic mass is 32.2. The number of hydrogen-bond donors (Lipinski definition) is 1. The van der Waals surface area contributed by atoms with Crippen LogP contribution in [0.3, 0.4) is 0 Å². The second-order valence-corrected chi connectivity index (χ2v) is 11.4. The zero-order chi connectivity index (χ0) is 25.6. The third-order valence-corrected chi connectivity index (χ3v) is 8.41. The number of sulfonamides is 1. The molecule has 0 radical (unpaired) electrons. The lowest BCUT2D eigenvalue weighted by Gasteiger charge is -2.42. The lowest BCUT2D eigenvalue weighted by molar-refractivity contribution is -0.162. The minimum atomic E-state index is -4.46. The van der Waals surface area contributed by atoms with E-state index in [4.69, 9.17) is 9.47 Å². The Kier molecular flexibility index (Phi) is 6.55. The molecular weight excluding hydrogens is 509 g/mol. The Labute approximate surface area is 203 Å². The van der Waals surface area contributed by atoms with Crippen molar-refractivity contribution in [1.82, 2.24) is 9.29 Å². The third kappa shape index (κ3) is 5.13. The van der Waals surface area contributed by atoms with Crippen molar-refractivity contribution in [2.45, 2.75) is 43.2 Å². The van der Waals surface area contributed by atoms with Crippen molar-refractivity contribution in [2.24, 2.45) is 0 Å². The predicted octanol–water partition coefficient (Wildman–Crippen LogP) is 4.15. The van der Waals surface area contributed by atoms with Crippen molar-refractivity contribution in [1.29, 1.82) is 0 Å². The van der Waals surface area contributed by atoms with E-state index in [0.29, 0.717) is 15.5 Å². The molecule has 188 valence electrons. The van der Waals surface area contributed by atoms with Gasteiger partial charge in [-0.3, -0.25) is 4.79 Å². The lowest BCUT2D eigenvalue weighted by atomic mass is 9.97. The summed E-state index contributed by atoms with van der Waals surface area (Å²) in [7, 11) is -4.13. The van der Waals surface area contributed by atoms with Crippen molar-refractivity contribution in [3.63, 3.8) is 0 Å². The molecule has 13 heteroatoms. The molecule has 1 aliphatic heterocycles. The van der Waals surface area contributed by atoms with Crippen LogP contribution in [-0.4, -0.2) is 53.6 Å². The van der Waals surface area contributed by atoms with Crippen LogP contribution in [0, 0.1) is 0 Å². The molecule has 4 rings (SSSR count). The molecule has 1 saturated heterocycles. The zero-order valence-corrected chi connectivity index (χ0v) is 20.2. The van der Waals surface area contributed by atoms with Gasteiger partial charge in [0.15, 0.2) is 6.04 Å². The summed E-state index contributed by atoms with van der Waals surface area (Å²) in [6.45, 7) is 2.98. The Hall–Kier alpha value is -2.74. The molecule has 2 heterocycles. The van der Waals surface area contributed by atoms with E-state index in [1.54, 1.807) is 0 Å². The molecule has 1 atom stereocenters. The molecule has 1 aliphatic rings. The molecule has 0 unspecified atom stereocenters. The summed E-state index contributed by atoms with van der Waals surface area (Å²) in [5.41, 5.74) is -1.78. The zero-order valence-electron chi connectivity index (χ0n) is 18.6. The van der Waals surface area contributed by atoms with Gasteiger partial charge in [0.25, 0.3) is 0 Å². The van der Waals surface area contributed by atoms with E-state index in [0.717, 1.165) is 16.4 Å². The molecule has 0 aliphatic carbocycles. The molecule has 1 fully saturated rings. The number of rotatable bonds is 6. The summed E-state index contributed by atoms with van der Waals surface area (Å²) in [6, 6.07) is 7.39. The average molecular weight is 531 g/mol. The van der Waals surface area contributed by atoms with Crippen molar-refractivity contribution in [3.8, 4) is 5.75 Å². The molecule has 0 saturated carbocycles. The Bertz CT molecular complexity index is 1350. The number of nitrogens with zero attached hydrogens (tertiary/aromatic N) is 2. The Morgan fingerprint density at radius 3 is 2.57 bits per heavy atom. The van der Waals surface area contributed by atoms with Crippen molar-refractivity contribution < 1.29 is 41.0 Å². The van der Waals surface area contributed by atoms with Crippen LogP contribution in [-0.2, 0) is 32.3 Å². The van der Waals surface area contributed by atoms with Gasteiger partial charge in [-0.25, -0.2) is 13.4 Å². The second-order valence-electron chi connectivity index (χ2n) is 8.36. The summed E-state index contributed by atoms with van der Waals surface area (Å²) >= 11 is 1.19. The molecule has 8 nitrogen and oxygen atoms in total. The maximum absolute atomic E-state index is 13.2. The number of hydrogen-bond acceptors (Lipinski definition) is 7. The third-order valence-electron chi connectivity index (χ3n) is 5.52. The minimum absolute atomic E-state index is 0.0223. The molecule has 0 spiro atoms. The fourth-order valence-electron chi connectivity index (χ4n) is 3.83. The molecule has 0 amide bonds. The van der Waals surface area contributed by atoms with Crippen LogP contribution >= 0.6 is 11.3 Å². The normalized spacial score (nSPS) is 19.1. The topological polar surface area (TPSA) is 106 Å². The van der Waals surface area contributed by atoms with Crippen molar-refractivity contribution in [2.75, 3.05) is 13.2 Å². The number of carboxylic acids is 1. The largest absolute Gasteiger partial charge is 0.486 e. The van der Waals surface area contributed by atoms with Crippen LogP contribution in [0.2, 0.25) is 0 Å². The average Bonchev–Trinajstić information content (AvgIpc) is 3.18. The maximum atomic E-state index is 13.2. The lowest BCUT2D eigenvalue weighted by Crippen LogP contribution is -2.61. The van der Waals surface area contributed by atoms with Crippen LogP contribution in [0.15, 0.2) is 47.4 Å². The van der Waals surface area contributed by atoms with E-state index in [-0.39, 0.29) is 30.2 Å². The van der Waals surface area contributed by atoms with Gasteiger partial charge in [-0.05, 0) is 56.3 Å². The highest BCUT2D eigenvalue weighted by Crippen LogP contribution is 2.34. The monoisotopic (exact) mass is 530 g/mol. The maximum Gasteiger partial charge on any atom is 0.416 e. The van der Waals surface area contributed by atoms with E-state index in [9.17, 15) is 31.5 Å². The smallest absolute Gasteiger partial charge is 0.416 e. The molecule has 35 heavy (non-hydrogen) atoms. The quantitative estimate of drug-likeness (QED) is 0.511. The molecule has 1 N–H and O–H groups in total. The summed E-state index contributed by atoms with van der Waals surface area (Å²) in [6.07, 6.45) is -4.46. The highest BCUT2D eigenvalue weighted by Gasteiger charge is 2.49. The number of morpholine rings is 1. The first-order valence-electron chi connectivity index (χ1n) is 10.4. The van der Waals surface area contributed by atoms with Crippen LogP contribution in [0.25, 0.3) is 10.2 Å². The highest BCUT2D eigenvalue weighted by molar-refractivity contribution is 7.89. The van der Waals surface area contributed by atoms with E-state index >= 15 is 0 Å². The van der Waals surface area contributed by atoms with E-state index in [2.05, 4.69) is 4.98 Å². The van der Waals surface area contributed by atoms with Crippen molar-refractivity contribution >= 4 is 37.5 Å². The van der Waals surface area contributed by atoms with Gasteiger partial charge in [0, 0.05) is 6.54 Å². The number of alkyl halides is 3.